The molecule has 0 aromatic heterocycles. The minimum Gasteiger partial charge on any atom is -0.481 e. The molecular weight excluding hydrogens is 228 g/mol. The van der Waals surface area contributed by atoms with Crippen molar-refractivity contribution in [3.8, 4) is 12.3 Å². The van der Waals surface area contributed by atoms with Crippen LogP contribution in [-0.2, 0) is 16.1 Å². The van der Waals surface area contributed by atoms with Gasteiger partial charge in [-0.25, -0.2) is 0 Å². The summed E-state index contributed by atoms with van der Waals surface area (Å²) in [5, 5.41) is 8.97. The summed E-state index contributed by atoms with van der Waals surface area (Å²) in [6, 6.07) is 9.71. The zero-order valence-corrected chi connectivity index (χ0v) is 10.7. The van der Waals surface area contributed by atoms with Gasteiger partial charge in [-0.15, -0.1) is 6.42 Å². The maximum Gasteiger partial charge on any atom is 0.307 e. The first-order valence-corrected chi connectivity index (χ1v) is 5.90. The molecule has 96 valence electrons. The quantitative estimate of drug-likeness (QED) is 0.785. The van der Waals surface area contributed by atoms with Crippen LogP contribution in [0.1, 0.15) is 19.4 Å². The lowest BCUT2D eigenvalue weighted by Gasteiger charge is -2.22. The number of carboxylic acid groups (broad SMARTS) is 1. The van der Waals surface area contributed by atoms with Gasteiger partial charge in [0, 0.05) is 0 Å². The first-order valence-electron chi connectivity index (χ1n) is 5.90. The molecule has 0 aliphatic carbocycles. The Morgan fingerprint density at radius 2 is 2.00 bits per heavy atom. The molecule has 1 rings (SSSR count). The minimum absolute atomic E-state index is 0.290. The Morgan fingerprint density at radius 1 is 1.39 bits per heavy atom. The Hall–Kier alpha value is -1.79. The fourth-order valence-corrected chi connectivity index (χ4v) is 1.75. The van der Waals surface area contributed by atoms with Gasteiger partial charge in [0.2, 0.25) is 0 Å². The van der Waals surface area contributed by atoms with Crippen molar-refractivity contribution in [2.24, 2.45) is 11.8 Å². The van der Waals surface area contributed by atoms with Crippen LogP contribution >= 0.6 is 0 Å². The summed E-state index contributed by atoms with van der Waals surface area (Å²) in [6.45, 7) is 3.86. The van der Waals surface area contributed by atoms with E-state index in [-0.39, 0.29) is 6.10 Å². The molecule has 0 radical (unpaired) electrons. The third-order valence-corrected chi connectivity index (χ3v) is 2.98. The average molecular weight is 246 g/mol. The summed E-state index contributed by atoms with van der Waals surface area (Å²) in [4.78, 5) is 10.9. The number of carbonyl (C=O) groups is 1. The van der Waals surface area contributed by atoms with Gasteiger partial charge in [-0.1, -0.05) is 43.2 Å². The normalized spacial score (nSPS) is 15.4. The predicted octanol–water partition coefficient (Wildman–Crippen LogP) is 2.56. The highest BCUT2D eigenvalue weighted by Gasteiger charge is 2.27. The maximum atomic E-state index is 10.9. The smallest absolute Gasteiger partial charge is 0.307 e. The zero-order chi connectivity index (χ0) is 13.5. The van der Waals surface area contributed by atoms with Crippen LogP contribution in [0.3, 0.4) is 0 Å². The van der Waals surface area contributed by atoms with Gasteiger partial charge in [0.1, 0.15) is 0 Å². The molecule has 1 aromatic carbocycles. The van der Waals surface area contributed by atoms with Crippen molar-refractivity contribution in [2.75, 3.05) is 0 Å². The summed E-state index contributed by atoms with van der Waals surface area (Å²) in [5.74, 6) is 0.583. The summed E-state index contributed by atoms with van der Waals surface area (Å²) >= 11 is 0. The van der Waals surface area contributed by atoms with Crippen molar-refractivity contribution in [1.82, 2.24) is 0 Å². The number of ether oxygens (including phenoxy) is 1. The van der Waals surface area contributed by atoms with Crippen LogP contribution in [0.25, 0.3) is 0 Å². The SMILES string of the molecule is C#C[C@H]([C@H](C)OCc1ccccc1)[C@@H](C)C(=O)O. The molecule has 0 amide bonds. The fraction of sp³-hybridized carbons (Fsp3) is 0.400. The largest absolute Gasteiger partial charge is 0.481 e. The van der Waals surface area contributed by atoms with Gasteiger partial charge in [0.25, 0.3) is 0 Å². The van der Waals surface area contributed by atoms with E-state index in [9.17, 15) is 4.79 Å². The van der Waals surface area contributed by atoms with E-state index in [2.05, 4.69) is 5.92 Å². The lowest BCUT2D eigenvalue weighted by molar-refractivity contribution is -0.144. The molecule has 0 unspecified atom stereocenters. The van der Waals surface area contributed by atoms with E-state index in [4.69, 9.17) is 16.3 Å². The monoisotopic (exact) mass is 246 g/mol. The molecule has 3 nitrogen and oxygen atoms in total. The summed E-state index contributed by atoms with van der Waals surface area (Å²) in [5.41, 5.74) is 1.04. The standard InChI is InChI=1S/C15H18O3/c1-4-14(11(2)15(16)17)12(3)18-10-13-8-6-5-7-9-13/h1,5-9,11-12,14H,10H2,2-3H3,(H,16,17)/t11-,12+,14+/m1/s1. The molecule has 3 atom stereocenters. The molecule has 0 aliphatic rings. The maximum absolute atomic E-state index is 10.9. The van der Waals surface area contributed by atoms with Crippen LogP contribution in [0.2, 0.25) is 0 Å². The van der Waals surface area contributed by atoms with Crippen LogP contribution in [-0.4, -0.2) is 17.2 Å². The Morgan fingerprint density at radius 3 is 2.50 bits per heavy atom. The molecular formula is C15H18O3. The number of rotatable bonds is 6. The number of hydrogen-bond acceptors (Lipinski definition) is 2. The van der Waals surface area contributed by atoms with E-state index < -0.39 is 17.8 Å². The van der Waals surface area contributed by atoms with Crippen molar-refractivity contribution >= 4 is 5.97 Å². The number of carboxylic acids is 1. The molecule has 18 heavy (non-hydrogen) atoms. The van der Waals surface area contributed by atoms with E-state index in [1.807, 2.05) is 37.3 Å². The molecule has 0 fully saturated rings. The molecule has 0 bridgehead atoms. The topological polar surface area (TPSA) is 46.5 Å². The third-order valence-electron chi connectivity index (χ3n) is 2.98. The van der Waals surface area contributed by atoms with E-state index in [0.717, 1.165) is 5.56 Å². The van der Waals surface area contributed by atoms with E-state index >= 15 is 0 Å². The second-order valence-corrected chi connectivity index (χ2v) is 4.32. The van der Waals surface area contributed by atoms with Gasteiger partial charge in [0.05, 0.1) is 24.5 Å². The molecule has 1 aromatic rings. The molecule has 0 aliphatic heterocycles. The van der Waals surface area contributed by atoms with Gasteiger partial charge >= 0.3 is 5.97 Å². The molecule has 0 saturated carbocycles. The van der Waals surface area contributed by atoms with Gasteiger partial charge in [-0.2, -0.15) is 0 Å². The van der Waals surface area contributed by atoms with E-state index in [1.54, 1.807) is 6.92 Å². The molecule has 1 N–H and O–H groups in total. The number of aliphatic carboxylic acids is 1. The van der Waals surface area contributed by atoms with E-state index in [1.165, 1.54) is 0 Å². The van der Waals surface area contributed by atoms with E-state index in [0.29, 0.717) is 6.61 Å². The summed E-state index contributed by atoms with van der Waals surface area (Å²) in [7, 11) is 0. The van der Waals surface area contributed by atoms with Gasteiger partial charge in [-0.3, -0.25) is 4.79 Å². The second kappa shape index (κ2) is 6.83. The highest BCUT2D eigenvalue weighted by Crippen LogP contribution is 2.19. The van der Waals surface area contributed by atoms with Crippen molar-refractivity contribution in [3.05, 3.63) is 35.9 Å². The van der Waals surface area contributed by atoms with Crippen molar-refractivity contribution < 1.29 is 14.6 Å². The Bertz CT molecular complexity index is 419. The lowest BCUT2D eigenvalue weighted by Crippen LogP contribution is -2.30. The van der Waals surface area contributed by atoms with Crippen LogP contribution in [0.15, 0.2) is 30.3 Å². The Labute approximate surface area is 108 Å². The highest BCUT2D eigenvalue weighted by atomic mass is 16.5. The van der Waals surface area contributed by atoms with Crippen LogP contribution < -0.4 is 0 Å². The van der Waals surface area contributed by atoms with Crippen LogP contribution in [0.5, 0.6) is 0 Å². The summed E-state index contributed by atoms with van der Waals surface area (Å²) in [6.07, 6.45) is 5.10. The van der Waals surface area contributed by atoms with Crippen molar-refractivity contribution in [3.63, 3.8) is 0 Å². The lowest BCUT2D eigenvalue weighted by atomic mass is 9.90. The molecule has 3 heteroatoms. The van der Waals surface area contributed by atoms with Crippen LogP contribution in [0.4, 0.5) is 0 Å². The average Bonchev–Trinajstić information content (AvgIpc) is 2.38. The van der Waals surface area contributed by atoms with Crippen LogP contribution in [0, 0.1) is 24.2 Å². The number of hydrogen-bond donors (Lipinski definition) is 1. The zero-order valence-electron chi connectivity index (χ0n) is 10.7. The first kappa shape index (κ1) is 14.3. The van der Waals surface area contributed by atoms with Crippen molar-refractivity contribution in [2.45, 2.75) is 26.6 Å². The van der Waals surface area contributed by atoms with Gasteiger partial charge in [0.15, 0.2) is 0 Å². The number of benzene rings is 1. The fourth-order valence-electron chi connectivity index (χ4n) is 1.75. The molecule has 0 saturated heterocycles. The number of terminal acetylenes is 1. The predicted molar refractivity (Wildman–Crippen MR) is 69.8 cm³/mol. The Kier molecular flexibility index (Phi) is 5.41. The van der Waals surface area contributed by atoms with Gasteiger partial charge in [-0.05, 0) is 12.5 Å². The minimum atomic E-state index is -0.895. The summed E-state index contributed by atoms with van der Waals surface area (Å²) < 4.78 is 5.65. The third kappa shape index (κ3) is 3.90. The van der Waals surface area contributed by atoms with Crippen molar-refractivity contribution in [1.29, 1.82) is 0 Å². The molecule has 0 spiro atoms. The van der Waals surface area contributed by atoms with Gasteiger partial charge < -0.3 is 9.84 Å². The highest BCUT2D eigenvalue weighted by molar-refractivity contribution is 5.70. The first-order chi connectivity index (χ1) is 8.56. The second-order valence-electron chi connectivity index (χ2n) is 4.32. The Balaban J connectivity index is 2.56. The molecule has 0 heterocycles.